The van der Waals surface area contributed by atoms with Crippen molar-refractivity contribution >= 4 is 16.9 Å². The Morgan fingerprint density at radius 3 is 2.47 bits per heavy atom. The zero-order chi connectivity index (χ0) is 21.7. The second-order valence-electron chi connectivity index (χ2n) is 8.33. The molecule has 0 aliphatic carbocycles. The number of nitrogens with one attached hydrogen (secondary N) is 1. The van der Waals surface area contributed by atoms with Gasteiger partial charge < -0.3 is 9.88 Å². The molecule has 1 N–H and O–H groups in total. The molecule has 1 amide bonds. The molecule has 0 atom stereocenters. The summed E-state index contributed by atoms with van der Waals surface area (Å²) in [5.74, 6) is 1.09. The standard InChI is InChI=1S/C26H33N3O/c1-18(2)26(30)27-14-10-6-7-13-25-28-23-11-8-9-12-24(23)29(25)17-22-20(4)15-19(3)16-21(22)5/h8-9,11-12,15-16H,1,6-7,10,13-14,17H2,2-5H3,(H,27,30). The molecule has 3 aromatic rings. The van der Waals surface area contributed by atoms with Crippen LogP contribution in [0.25, 0.3) is 11.0 Å². The third kappa shape index (κ3) is 5.18. The van der Waals surface area contributed by atoms with Gasteiger partial charge in [-0.05, 0) is 69.4 Å². The summed E-state index contributed by atoms with van der Waals surface area (Å²) in [6, 6.07) is 12.9. The highest BCUT2D eigenvalue weighted by Crippen LogP contribution is 2.23. The maximum atomic E-state index is 11.6. The zero-order valence-electron chi connectivity index (χ0n) is 18.7. The van der Waals surface area contributed by atoms with E-state index < -0.39 is 0 Å². The van der Waals surface area contributed by atoms with Crippen molar-refractivity contribution in [3.05, 3.63) is 76.6 Å². The summed E-state index contributed by atoms with van der Waals surface area (Å²) < 4.78 is 2.38. The van der Waals surface area contributed by atoms with E-state index in [1.54, 1.807) is 6.92 Å². The highest BCUT2D eigenvalue weighted by molar-refractivity contribution is 5.92. The topological polar surface area (TPSA) is 46.9 Å². The van der Waals surface area contributed by atoms with E-state index in [1.165, 1.54) is 27.8 Å². The molecule has 1 aromatic heterocycles. The van der Waals surface area contributed by atoms with E-state index >= 15 is 0 Å². The number of hydrogen-bond donors (Lipinski definition) is 1. The molecule has 0 bridgehead atoms. The van der Waals surface area contributed by atoms with Crippen molar-refractivity contribution < 1.29 is 4.79 Å². The predicted octanol–water partition coefficient (Wildman–Crippen LogP) is 5.41. The molecular formula is C26H33N3O. The largest absolute Gasteiger partial charge is 0.352 e. The van der Waals surface area contributed by atoms with E-state index in [9.17, 15) is 4.79 Å². The average Bonchev–Trinajstić information content (AvgIpc) is 3.04. The van der Waals surface area contributed by atoms with E-state index in [-0.39, 0.29) is 5.91 Å². The SMILES string of the molecule is C=C(C)C(=O)NCCCCCc1nc2ccccc2n1Cc1c(C)cc(C)cc1C. The van der Waals surface area contributed by atoms with Crippen LogP contribution in [0.4, 0.5) is 0 Å². The number of aromatic nitrogens is 2. The average molecular weight is 404 g/mol. The minimum Gasteiger partial charge on any atom is -0.352 e. The van der Waals surface area contributed by atoms with Gasteiger partial charge in [0.1, 0.15) is 5.82 Å². The van der Waals surface area contributed by atoms with Crippen molar-refractivity contribution in [3.8, 4) is 0 Å². The predicted molar refractivity (Wildman–Crippen MR) is 125 cm³/mol. The number of imidazole rings is 1. The van der Waals surface area contributed by atoms with Gasteiger partial charge in [0.05, 0.1) is 11.0 Å². The summed E-state index contributed by atoms with van der Waals surface area (Å²) in [7, 11) is 0. The molecule has 4 heteroatoms. The van der Waals surface area contributed by atoms with Crippen LogP contribution in [0.2, 0.25) is 0 Å². The lowest BCUT2D eigenvalue weighted by Crippen LogP contribution is -2.24. The molecule has 0 saturated heterocycles. The number of carbonyl (C=O) groups is 1. The van der Waals surface area contributed by atoms with Crippen molar-refractivity contribution in [2.24, 2.45) is 0 Å². The van der Waals surface area contributed by atoms with Gasteiger partial charge in [0.2, 0.25) is 5.91 Å². The minimum absolute atomic E-state index is 0.0550. The van der Waals surface area contributed by atoms with Crippen molar-refractivity contribution in [1.82, 2.24) is 14.9 Å². The minimum atomic E-state index is -0.0550. The van der Waals surface area contributed by atoms with Crippen LogP contribution in [0.1, 0.15) is 54.3 Å². The number of para-hydroxylation sites is 2. The van der Waals surface area contributed by atoms with Crippen LogP contribution in [0.5, 0.6) is 0 Å². The van der Waals surface area contributed by atoms with Gasteiger partial charge in [0.25, 0.3) is 0 Å². The molecule has 0 radical (unpaired) electrons. The number of amides is 1. The molecule has 3 rings (SSSR count). The molecular weight excluding hydrogens is 370 g/mol. The molecule has 2 aromatic carbocycles. The van der Waals surface area contributed by atoms with Crippen molar-refractivity contribution in [2.75, 3.05) is 6.54 Å². The van der Waals surface area contributed by atoms with Crippen LogP contribution in [-0.2, 0) is 17.8 Å². The van der Waals surface area contributed by atoms with Crippen LogP contribution in [-0.4, -0.2) is 22.0 Å². The highest BCUT2D eigenvalue weighted by Gasteiger charge is 2.13. The van der Waals surface area contributed by atoms with Crippen molar-refractivity contribution in [2.45, 2.75) is 59.9 Å². The maximum Gasteiger partial charge on any atom is 0.246 e. The fourth-order valence-corrected chi connectivity index (χ4v) is 4.05. The lowest BCUT2D eigenvalue weighted by atomic mass is 9.99. The molecule has 30 heavy (non-hydrogen) atoms. The Morgan fingerprint density at radius 2 is 1.77 bits per heavy atom. The molecule has 158 valence electrons. The summed E-state index contributed by atoms with van der Waals surface area (Å²) in [5.41, 5.74) is 8.18. The van der Waals surface area contributed by atoms with Gasteiger partial charge in [-0.3, -0.25) is 4.79 Å². The first-order valence-corrected chi connectivity index (χ1v) is 10.8. The Bertz CT molecular complexity index is 1040. The Hall–Kier alpha value is -2.88. The fourth-order valence-electron chi connectivity index (χ4n) is 4.05. The smallest absolute Gasteiger partial charge is 0.246 e. The Kier molecular flexibility index (Phi) is 7.09. The van der Waals surface area contributed by atoms with Gasteiger partial charge in [0, 0.05) is 25.1 Å². The molecule has 0 aliphatic heterocycles. The molecule has 0 aliphatic rings. The lowest BCUT2D eigenvalue weighted by molar-refractivity contribution is -0.117. The van der Waals surface area contributed by atoms with Crippen molar-refractivity contribution in [1.29, 1.82) is 0 Å². The third-order valence-corrected chi connectivity index (χ3v) is 5.64. The molecule has 1 heterocycles. The number of rotatable bonds is 9. The van der Waals surface area contributed by atoms with E-state index in [1.807, 2.05) is 0 Å². The summed E-state index contributed by atoms with van der Waals surface area (Å²) in [6.07, 6.45) is 4.02. The number of fused-ring (bicyclic) bond motifs is 1. The quantitative estimate of drug-likeness (QED) is 0.383. The summed E-state index contributed by atoms with van der Waals surface area (Å²) in [5, 5.41) is 2.90. The number of aryl methyl sites for hydroxylation is 4. The number of unbranched alkanes of at least 4 members (excludes halogenated alkanes) is 2. The Labute approximate surface area is 180 Å². The van der Waals surface area contributed by atoms with Gasteiger partial charge in [-0.15, -0.1) is 0 Å². The first-order valence-electron chi connectivity index (χ1n) is 10.8. The summed E-state index contributed by atoms with van der Waals surface area (Å²) in [4.78, 5) is 16.5. The molecule has 0 fully saturated rings. The second kappa shape index (κ2) is 9.75. The van der Waals surface area contributed by atoms with Crippen LogP contribution in [0.3, 0.4) is 0 Å². The van der Waals surface area contributed by atoms with Gasteiger partial charge in [0.15, 0.2) is 0 Å². The van der Waals surface area contributed by atoms with Crippen LogP contribution in [0, 0.1) is 20.8 Å². The fraction of sp³-hybridized carbons (Fsp3) is 0.385. The van der Waals surface area contributed by atoms with Gasteiger partial charge in [-0.1, -0.05) is 42.8 Å². The van der Waals surface area contributed by atoms with Crippen LogP contribution in [0.15, 0.2) is 48.6 Å². The number of hydrogen-bond acceptors (Lipinski definition) is 2. The first kappa shape index (κ1) is 21.8. The van der Waals surface area contributed by atoms with E-state index in [4.69, 9.17) is 4.98 Å². The van der Waals surface area contributed by atoms with Gasteiger partial charge in [-0.2, -0.15) is 0 Å². The van der Waals surface area contributed by atoms with Crippen LogP contribution < -0.4 is 5.32 Å². The molecule has 0 unspecified atom stereocenters. The van der Waals surface area contributed by atoms with Crippen LogP contribution >= 0.6 is 0 Å². The van der Waals surface area contributed by atoms with Crippen molar-refractivity contribution in [3.63, 3.8) is 0 Å². The zero-order valence-corrected chi connectivity index (χ0v) is 18.7. The molecule has 4 nitrogen and oxygen atoms in total. The van der Waals surface area contributed by atoms with E-state index in [2.05, 4.69) is 73.6 Å². The monoisotopic (exact) mass is 403 g/mol. The normalized spacial score (nSPS) is 11.1. The highest BCUT2D eigenvalue weighted by atomic mass is 16.1. The molecule has 0 spiro atoms. The Morgan fingerprint density at radius 1 is 1.07 bits per heavy atom. The first-order chi connectivity index (χ1) is 14.4. The van der Waals surface area contributed by atoms with E-state index in [0.717, 1.165) is 43.6 Å². The number of carbonyl (C=O) groups excluding carboxylic acids is 1. The van der Waals surface area contributed by atoms with Gasteiger partial charge >= 0.3 is 0 Å². The third-order valence-electron chi connectivity index (χ3n) is 5.64. The maximum absolute atomic E-state index is 11.6. The molecule has 0 saturated carbocycles. The Balaban J connectivity index is 1.71. The number of benzene rings is 2. The summed E-state index contributed by atoms with van der Waals surface area (Å²) >= 11 is 0. The number of nitrogens with zero attached hydrogens (tertiary/aromatic N) is 2. The van der Waals surface area contributed by atoms with E-state index in [0.29, 0.717) is 12.1 Å². The lowest BCUT2D eigenvalue weighted by Gasteiger charge is -2.15. The summed E-state index contributed by atoms with van der Waals surface area (Å²) in [6.45, 7) is 13.5. The van der Waals surface area contributed by atoms with Gasteiger partial charge in [-0.25, -0.2) is 4.98 Å². The second-order valence-corrected chi connectivity index (χ2v) is 8.33.